The van der Waals surface area contributed by atoms with Crippen LogP contribution in [0.2, 0.25) is 0 Å². The highest BCUT2D eigenvalue weighted by atomic mass is 32.2. The second-order valence-electron chi connectivity index (χ2n) is 6.64. The van der Waals surface area contributed by atoms with Crippen LogP contribution < -0.4 is 10.9 Å². The van der Waals surface area contributed by atoms with Gasteiger partial charge >= 0.3 is 0 Å². The second kappa shape index (κ2) is 8.81. The molecule has 0 spiro atoms. The fourth-order valence-electron chi connectivity index (χ4n) is 3.11. The van der Waals surface area contributed by atoms with Gasteiger partial charge < -0.3 is 10.3 Å². The van der Waals surface area contributed by atoms with Crippen molar-refractivity contribution in [2.75, 3.05) is 5.75 Å². The molecule has 0 fully saturated rings. The fourth-order valence-corrected chi connectivity index (χ4v) is 4.91. The van der Waals surface area contributed by atoms with Gasteiger partial charge in [-0.3, -0.25) is 9.59 Å². The highest BCUT2D eigenvalue weighted by Gasteiger charge is 2.17. The zero-order valence-electron chi connectivity index (χ0n) is 16.1. The first-order valence-electron chi connectivity index (χ1n) is 9.24. The van der Waals surface area contributed by atoms with E-state index in [-0.39, 0.29) is 23.0 Å². The van der Waals surface area contributed by atoms with Crippen molar-refractivity contribution in [2.45, 2.75) is 18.6 Å². The van der Waals surface area contributed by atoms with Gasteiger partial charge in [0.15, 0.2) is 5.16 Å². The number of amides is 1. The normalized spacial score (nSPS) is 11.0. The summed E-state index contributed by atoms with van der Waals surface area (Å²) in [5.74, 6) is -0.315. The molecule has 0 aliphatic heterocycles. The molecule has 5 nitrogen and oxygen atoms in total. The van der Waals surface area contributed by atoms with Crippen LogP contribution in [0.4, 0.5) is 4.39 Å². The van der Waals surface area contributed by atoms with Crippen molar-refractivity contribution in [3.05, 3.63) is 81.2 Å². The first-order valence-corrected chi connectivity index (χ1v) is 11.0. The molecule has 0 atom stereocenters. The molecule has 4 aromatic rings. The summed E-state index contributed by atoms with van der Waals surface area (Å²) in [7, 11) is 0. The Morgan fingerprint density at radius 2 is 1.90 bits per heavy atom. The first-order chi connectivity index (χ1) is 14.5. The number of thiophene rings is 1. The van der Waals surface area contributed by atoms with Gasteiger partial charge in [0.25, 0.3) is 5.56 Å². The van der Waals surface area contributed by atoms with Gasteiger partial charge in [-0.15, -0.1) is 11.3 Å². The minimum atomic E-state index is -0.327. The molecule has 0 unspecified atom stereocenters. The summed E-state index contributed by atoms with van der Waals surface area (Å²) in [5.41, 5.74) is 2.29. The Kier molecular flexibility index (Phi) is 5.96. The summed E-state index contributed by atoms with van der Waals surface area (Å²) in [4.78, 5) is 33.7. The van der Waals surface area contributed by atoms with Crippen LogP contribution in [0, 0.1) is 12.7 Å². The van der Waals surface area contributed by atoms with Gasteiger partial charge in [0.1, 0.15) is 10.6 Å². The van der Waals surface area contributed by atoms with Crippen LogP contribution >= 0.6 is 23.1 Å². The predicted molar refractivity (Wildman–Crippen MR) is 119 cm³/mol. The summed E-state index contributed by atoms with van der Waals surface area (Å²) < 4.78 is 13.3. The van der Waals surface area contributed by atoms with Crippen LogP contribution in [0.3, 0.4) is 0 Å². The van der Waals surface area contributed by atoms with Crippen molar-refractivity contribution in [1.29, 1.82) is 0 Å². The number of benzene rings is 2. The Morgan fingerprint density at radius 1 is 1.17 bits per heavy atom. The molecule has 0 aliphatic rings. The number of rotatable bonds is 6. The molecule has 0 bridgehead atoms. The Morgan fingerprint density at radius 3 is 2.63 bits per heavy atom. The quantitative estimate of drug-likeness (QED) is 0.342. The van der Waals surface area contributed by atoms with Crippen LogP contribution in [0.25, 0.3) is 21.3 Å². The minimum absolute atomic E-state index is 0.138. The summed E-state index contributed by atoms with van der Waals surface area (Å²) in [6.07, 6.45) is 0. The number of halogens is 1. The number of hydrogen-bond donors (Lipinski definition) is 2. The Balaban J connectivity index is 1.50. The lowest BCUT2D eigenvalue weighted by Crippen LogP contribution is -2.24. The van der Waals surface area contributed by atoms with Crippen LogP contribution in [0.5, 0.6) is 0 Å². The van der Waals surface area contributed by atoms with E-state index in [9.17, 15) is 14.0 Å². The first kappa shape index (κ1) is 20.3. The maximum atomic E-state index is 13.3. The topological polar surface area (TPSA) is 74.8 Å². The fraction of sp³-hybridized carbons (Fsp3) is 0.136. The van der Waals surface area contributed by atoms with Crippen molar-refractivity contribution in [2.24, 2.45) is 0 Å². The van der Waals surface area contributed by atoms with Crippen LogP contribution in [-0.2, 0) is 11.3 Å². The molecule has 4 rings (SSSR count). The van der Waals surface area contributed by atoms with Crippen LogP contribution in [0.15, 0.2) is 64.5 Å². The monoisotopic (exact) mass is 439 g/mol. The number of aryl methyl sites for hydroxylation is 1. The molecule has 2 heterocycles. The summed E-state index contributed by atoms with van der Waals surface area (Å²) >= 11 is 2.59. The van der Waals surface area contributed by atoms with Gasteiger partial charge in [0.05, 0.1) is 11.1 Å². The average Bonchev–Trinajstić information content (AvgIpc) is 3.08. The maximum absolute atomic E-state index is 13.3. The van der Waals surface area contributed by atoms with Crippen molar-refractivity contribution in [3.63, 3.8) is 0 Å². The van der Waals surface area contributed by atoms with Gasteiger partial charge in [0, 0.05) is 17.0 Å². The third-order valence-electron chi connectivity index (χ3n) is 4.52. The van der Waals surface area contributed by atoms with E-state index in [0.717, 1.165) is 21.6 Å². The Hall–Kier alpha value is -2.97. The SMILES string of the molecule is Cc1sc2nc(SCC(=O)NCc3ccccc3)[nH]c(=O)c2c1-c1ccc(F)cc1. The molecule has 30 heavy (non-hydrogen) atoms. The molecular weight excluding hydrogens is 421 g/mol. The number of H-pyrrole nitrogens is 1. The molecule has 2 N–H and O–H groups in total. The second-order valence-corrected chi connectivity index (χ2v) is 8.81. The third-order valence-corrected chi connectivity index (χ3v) is 6.39. The Bertz CT molecular complexity index is 1250. The lowest BCUT2D eigenvalue weighted by atomic mass is 10.0. The zero-order valence-corrected chi connectivity index (χ0v) is 17.7. The van der Waals surface area contributed by atoms with E-state index in [1.54, 1.807) is 12.1 Å². The Labute approximate surface area is 180 Å². The van der Waals surface area contributed by atoms with E-state index >= 15 is 0 Å². The van der Waals surface area contributed by atoms with Crippen LogP contribution in [-0.4, -0.2) is 21.6 Å². The van der Waals surface area contributed by atoms with E-state index in [2.05, 4.69) is 15.3 Å². The molecule has 0 aliphatic carbocycles. The lowest BCUT2D eigenvalue weighted by molar-refractivity contribution is -0.118. The third kappa shape index (κ3) is 4.44. The zero-order chi connectivity index (χ0) is 21.1. The number of carbonyl (C=O) groups excluding carboxylic acids is 1. The number of nitrogens with one attached hydrogen (secondary N) is 2. The molecule has 1 amide bonds. The van der Waals surface area contributed by atoms with E-state index in [0.29, 0.717) is 21.9 Å². The number of hydrogen-bond acceptors (Lipinski definition) is 5. The smallest absolute Gasteiger partial charge is 0.260 e. The summed E-state index contributed by atoms with van der Waals surface area (Å²) in [6.45, 7) is 2.36. The van der Waals surface area contributed by atoms with Crippen molar-refractivity contribution in [1.82, 2.24) is 15.3 Å². The molecule has 0 saturated carbocycles. The van der Waals surface area contributed by atoms with Crippen molar-refractivity contribution >= 4 is 39.2 Å². The number of aromatic nitrogens is 2. The van der Waals surface area contributed by atoms with Crippen molar-refractivity contribution < 1.29 is 9.18 Å². The summed E-state index contributed by atoms with van der Waals surface area (Å²) in [6, 6.07) is 15.7. The molecule has 152 valence electrons. The van der Waals surface area contributed by atoms with E-state index in [1.165, 1.54) is 35.2 Å². The largest absolute Gasteiger partial charge is 0.351 e. The number of nitrogens with zero attached hydrogens (tertiary/aromatic N) is 1. The predicted octanol–water partition coefficient (Wildman–Crippen LogP) is 4.51. The number of aromatic amines is 1. The van der Waals surface area contributed by atoms with Gasteiger partial charge in [-0.2, -0.15) is 0 Å². The number of carbonyl (C=O) groups is 1. The molecule has 2 aromatic carbocycles. The highest BCUT2D eigenvalue weighted by molar-refractivity contribution is 7.99. The van der Waals surface area contributed by atoms with Gasteiger partial charge in [-0.25, -0.2) is 9.37 Å². The molecular formula is C22H18FN3O2S2. The standard InChI is InChI=1S/C22H18FN3O2S2/c1-13-18(15-7-9-16(23)10-8-15)19-20(28)25-22(26-21(19)30-13)29-12-17(27)24-11-14-5-3-2-4-6-14/h2-10H,11-12H2,1H3,(H,24,27)(H,25,26,28). The average molecular weight is 440 g/mol. The highest BCUT2D eigenvalue weighted by Crippen LogP contribution is 2.36. The molecule has 2 aromatic heterocycles. The van der Waals surface area contributed by atoms with E-state index in [4.69, 9.17) is 0 Å². The lowest BCUT2D eigenvalue weighted by Gasteiger charge is -2.05. The minimum Gasteiger partial charge on any atom is -0.351 e. The van der Waals surface area contributed by atoms with E-state index in [1.807, 2.05) is 37.3 Å². The van der Waals surface area contributed by atoms with Gasteiger partial charge in [0.2, 0.25) is 5.91 Å². The van der Waals surface area contributed by atoms with Gasteiger partial charge in [-0.1, -0.05) is 54.2 Å². The van der Waals surface area contributed by atoms with Crippen LogP contribution in [0.1, 0.15) is 10.4 Å². The number of fused-ring (bicyclic) bond motifs is 1. The molecule has 0 saturated heterocycles. The number of thioether (sulfide) groups is 1. The summed E-state index contributed by atoms with van der Waals surface area (Å²) in [5, 5.41) is 3.74. The molecule has 8 heteroatoms. The maximum Gasteiger partial charge on any atom is 0.260 e. The van der Waals surface area contributed by atoms with E-state index < -0.39 is 0 Å². The van der Waals surface area contributed by atoms with Crippen molar-refractivity contribution in [3.8, 4) is 11.1 Å². The molecule has 0 radical (unpaired) electrons. The van der Waals surface area contributed by atoms with Gasteiger partial charge in [-0.05, 0) is 30.2 Å².